The molecule has 1 aromatic rings. The Bertz CT molecular complexity index is 322. The smallest absolute Gasteiger partial charge is 0.261 e. The summed E-state index contributed by atoms with van der Waals surface area (Å²) in [6, 6.07) is 1.91. The van der Waals surface area contributed by atoms with Crippen LogP contribution in [0, 0.1) is 0 Å². The Balaban J connectivity index is 2.41. The molecule has 0 saturated carbocycles. The van der Waals surface area contributed by atoms with Gasteiger partial charge in [0.15, 0.2) is 0 Å². The molecule has 0 saturated heterocycles. The monoisotopic (exact) mass is 283 g/mol. The van der Waals surface area contributed by atoms with E-state index in [0.29, 0.717) is 13.0 Å². The number of ether oxygens (including phenoxy) is 1. The summed E-state index contributed by atoms with van der Waals surface area (Å²) < 4.78 is 28.7. The lowest BCUT2D eigenvalue weighted by Gasteiger charge is -2.17. The van der Waals surface area contributed by atoms with Crippen LogP contribution in [0.15, 0.2) is 11.4 Å². The van der Waals surface area contributed by atoms with Crippen LogP contribution in [0.4, 0.5) is 8.78 Å². The predicted octanol–water partition coefficient (Wildman–Crippen LogP) is 3.72. The van der Waals surface area contributed by atoms with Gasteiger partial charge in [-0.05, 0) is 24.4 Å². The van der Waals surface area contributed by atoms with E-state index in [-0.39, 0.29) is 6.04 Å². The summed E-state index contributed by atoms with van der Waals surface area (Å²) in [5.74, 6) is 0. The lowest BCUT2D eigenvalue weighted by Crippen LogP contribution is -2.22. The highest BCUT2D eigenvalue weighted by molar-refractivity contribution is 7.10. The molecule has 0 radical (unpaired) electrons. The Morgan fingerprint density at radius 2 is 2.29 bits per heavy atom. The summed E-state index contributed by atoms with van der Waals surface area (Å²) in [4.78, 5) is 1.04. The van der Waals surface area contributed by atoms with Gasteiger partial charge in [-0.3, -0.25) is 0 Å². The van der Waals surface area contributed by atoms with Crippen molar-refractivity contribution in [3.8, 4) is 0 Å². The van der Waals surface area contributed by atoms with Gasteiger partial charge in [0.1, 0.15) is 6.61 Å². The Morgan fingerprint density at radius 1 is 1.53 bits per heavy atom. The van der Waals surface area contributed by atoms with Crippen LogP contribution in [-0.4, -0.2) is 26.2 Å². The molecule has 1 rings (SSSR count). The van der Waals surface area contributed by atoms with Gasteiger partial charge in [0.25, 0.3) is 6.43 Å². The summed E-state index contributed by atoms with van der Waals surface area (Å²) >= 11 is 7.61. The topological polar surface area (TPSA) is 21.3 Å². The van der Waals surface area contributed by atoms with Gasteiger partial charge in [0, 0.05) is 17.5 Å². The molecule has 0 amide bonds. The molecule has 1 unspecified atom stereocenters. The van der Waals surface area contributed by atoms with Gasteiger partial charge in [-0.1, -0.05) is 18.5 Å². The average Bonchev–Trinajstić information content (AvgIpc) is 2.69. The number of rotatable bonds is 8. The van der Waals surface area contributed by atoms with E-state index in [4.69, 9.17) is 16.3 Å². The van der Waals surface area contributed by atoms with E-state index in [1.54, 1.807) is 11.3 Å². The maximum Gasteiger partial charge on any atom is 0.261 e. The van der Waals surface area contributed by atoms with E-state index in [2.05, 4.69) is 5.32 Å². The van der Waals surface area contributed by atoms with Crippen molar-refractivity contribution in [2.75, 3.05) is 19.8 Å². The van der Waals surface area contributed by atoms with Gasteiger partial charge in [-0.2, -0.15) is 0 Å². The minimum Gasteiger partial charge on any atom is -0.375 e. The van der Waals surface area contributed by atoms with E-state index in [0.717, 1.165) is 16.4 Å². The Kier molecular flexibility index (Phi) is 6.96. The number of halogens is 3. The molecule has 1 N–H and O–H groups in total. The van der Waals surface area contributed by atoms with Crippen molar-refractivity contribution in [3.63, 3.8) is 0 Å². The lowest BCUT2D eigenvalue weighted by atomic mass is 10.2. The molecule has 0 aliphatic heterocycles. The van der Waals surface area contributed by atoms with Crippen molar-refractivity contribution in [2.45, 2.75) is 25.8 Å². The fourth-order valence-electron chi connectivity index (χ4n) is 1.50. The summed E-state index contributed by atoms with van der Waals surface area (Å²) in [6.45, 7) is 2.59. The van der Waals surface area contributed by atoms with Gasteiger partial charge in [0.2, 0.25) is 0 Å². The molecule has 0 aliphatic rings. The van der Waals surface area contributed by atoms with E-state index >= 15 is 0 Å². The minimum atomic E-state index is -2.40. The number of thiophene rings is 1. The first-order chi connectivity index (χ1) is 8.15. The SMILES string of the molecule is CCNC(CCOCC(F)F)c1sccc1Cl. The van der Waals surface area contributed by atoms with Crippen molar-refractivity contribution in [1.82, 2.24) is 5.32 Å². The Hall–Kier alpha value is -0.230. The molecule has 17 heavy (non-hydrogen) atoms. The van der Waals surface area contributed by atoms with Crippen molar-refractivity contribution in [2.24, 2.45) is 0 Å². The second-order valence-corrected chi connectivity index (χ2v) is 4.85. The van der Waals surface area contributed by atoms with Crippen LogP contribution in [0.25, 0.3) is 0 Å². The first kappa shape index (κ1) is 14.8. The van der Waals surface area contributed by atoms with Crippen molar-refractivity contribution in [3.05, 3.63) is 21.3 Å². The second kappa shape index (κ2) is 7.97. The number of nitrogens with one attached hydrogen (secondary N) is 1. The molecule has 98 valence electrons. The quantitative estimate of drug-likeness (QED) is 0.734. The number of hydrogen-bond donors (Lipinski definition) is 1. The molecule has 0 fully saturated rings. The van der Waals surface area contributed by atoms with Crippen LogP contribution in [-0.2, 0) is 4.74 Å². The molecule has 0 aliphatic carbocycles. The summed E-state index contributed by atoms with van der Waals surface area (Å²) in [7, 11) is 0. The van der Waals surface area contributed by atoms with Crippen LogP contribution in [0.1, 0.15) is 24.3 Å². The highest BCUT2D eigenvalue weighted by Gasteiger charge is 2.15. The molecule has 0 aromatic carbocycles. The van der Waals surface area contributed by atoms with Crippen molar-refractivity contribution < 1.29 is 13.5 Å². The van der Waals surface area contributed by atoms with E-state index in [9.17, 15) is 8.78 Å². The summed E-state index contributed by atoms with van der Waals surface area (Å²) in [5, 5.41) is 5.91. The van der Waals surface area contributed by atoms with Crippen LogP contribution in [0.3, 0.4) is 0 Å². The molecular formula is C11H16ClF2NOS. The fraction of sp³-hybridized carbons (Fsp3) is 0.636. The molecule has 1 aromatic heterocycles. The third-order valence-corrected chi connectivity index (χ3v) is 3.68. The third kappa shape index (κ3) is 5.29. The van der Waals surface area contributed by atoms with Crippen LogP contribution < -0.4 is 5.32 Å². The van der Waals surface area contributed by atoms with E-state index in [1.807, 2.05) is 18.4 Å². The van der Waals surface area contributed by atoms with Gasteiger partial charge in [0.05, 0.1) is 5.02 Å². The van der Waals surface area contributed by atoms with Crippen LogP contribution in [0.5, 0.6) is 0 Å². The minimum absolute atomic E-state index is 0.0742. The van der Waals surface area contributed by atoms with Gasteiger partial charge in [-0.25, -0.2) is 8.78 Å². The maximum atomic E-state index is 11.9. The summed E-state index contributed by atoms with van der Waals surface area (Å²) in [5.41, 5.74) is 0. The predicted molar refractivity (Wildman–Crippen MR) is 67.2 cm³/mol. The van der Waals surface area contributed by atoms with Gasteiger partial charge in [-0.15, -0.1) is 11.3 Å². The van der Waals surface area contributed by atoms with Crippen LogP contribution >= 0.6 is 22.9 Å². The molecule has 1 heterocycles. The Labute approximate surface area is 109 Å². The van der Waals surface area contributed by atoms with E-state index in [1.165, 1.54) is 0 Å². The van der Waals surface area contributed by atoms with Crippen molar-refractivity contribution >= 4 is 22.9 Å². The standard InChI is InChI=1S/C11H16ClF2NOS/c1-2-15-9(3-5-16-7-10(13)14)11-8(12)4-6-17-11/h4,6,9-10,15H,2-3,5,7H2,1H3. The molecule has 0 bridgehead atoms. The number of hydrogen-bond acceptors (Lipinski definition) is 3. The fourth-order valence-corrected chi connectivity index (χ4v) is 2.80. The third-order valence-electron chi connectivity index (χ3n) is 2.21. The highest BCUT2D eigenvalue weighted by Crippen LogP contribution is 2.30. The van der Waals surface area contributed by atoms with Gasteiger partial charge >= 0.3 is 0 Å². The molecule has 0 spiro atoms. The summed E-state index contributed by atoms with van der Waals surface area (Å²) in [6.07, 6.45) is -1.77. The molecule has 6 heteroatoms. The van der Waals surface area contributed by atoms with E-state index < -0.39 is 13.0 Å². The molecular weight excluding hydrogens is 268 g/mol. The maximum absolute atomic E-state index is 11.9. The number of alkyl halides is 2. The first-order valence-electron chi connectivity index (χ1n) is 5.47. The highest BCUT2D eigenvalue weighted by atomic mass is 35.5. The first-order valence-corrected chi connectivity index (χ1v) is 6.73. The largest absolute Gasteiger partial charge is 0.375 e. The van der Waals surface area contributed by atoms with Crippen molar-refractivity contribution in [1.29, 1.82) is 0 Å². The lowest BCUT2D eigenvalue weighted by molar-refractivity contribution is 0.0145. The van der Waals surface area contributed by atoms with Gasteiger partial charge < -0.3 is 10.1 Å². The Morgan fingerprint density at radius 3 is 2.82 bits per heavy atom. The van der Waals surface area contributed by atoms with Crippen LogP contribution in [0.2, 0.25) is 5.02 Å². The normalized spacial score (nSPS) is 13.2. The second-order valence-electron chi connectivity index (χ2n) is 3.50. The zero-order chi connectivity index (χ0) is 12.7. The molecule has 1 atom stereocenters. The zero-order valence-corrected chi connectivity index (χ0v) is 11.2. The average molecular weight is 284 g/mol. The molecule has 2 nitrogen and oxygen atoms in total. The zero-order valence-electron chi connectivity index (χ0n) is 9.59.